The van der Waals surface area contributed by atoms with Gasteiger partial charge in [0.25, 0.3) is 0 Å². The summed E-state index contributed by atoms with van der Waals surface area (Å²) in [4.78, 5) is 38.2. The second kappa shape index (κ2) is 9.64. The number of rotatable bonds is 8. The Morgan fingerprint density at radius 1 is 1.03 bits per heavy atom. The minimum absolute atomic E-state index is 0.0862. The lowest BCUT2D eigenvalue weighted by Gasteiger charge is -2.59. The Balaban J connectivity index is 2.23. The number of hydrogen-bond acceptors (Lipinski definition) is 5. The highest BCUT2D eigenvalue weighted by Gasteiger charge is 2.64. The van der Waals surface area contributed by atoms with Crippen molar-refractivity contribution in [1.82, 2.24) is 9.88 Å². The molecule has 1 heterocycles. The van der Waals surface area contributed by atoms with Gasteiger partial charge in [-0.15, -0.1) is 0 Å². The summed E-state index contributed by atoms with van der Waals surface area (Å²) < 4.78 is 12.0. The van der Waals surface area contributed by atoms with E-state index in [2.05, 4.69) is 46.9 Å². The first kappa shape index (κ1) is 23.9. The van der Waals surface area contributed by atoms with Crippen LogP contribution in [0.1, 0.15) is 47.1 Å². The molecule has 2 unspecified atom stereocenters. The van der Waals surface area contributed by atoms with Gasteiger partial charge in [0, 0.05) is 0 Å². The summed E-state index contributed by atoms with van der Waals surface area (Å²) in [5.74, 6) is -0.744. The molecule has 7 nitrogen and oxygen atoms in total. The second-order valence-electron chi connectivity index (χ2n) is 8.71. The van der Waals surface area contributed by atoms with Gasteiger partial charge in [0.15, 0.2) is 14.3 Å². The number of hydrogen-bond donors (Lipinski definition) is 1. The third-order valence-electron chi connectivity index (χ3n) is 6.22. The second-order valence-corrected chi connectivity index (χ2v) is 14.4. The smallest absolute Gasteiger partial charge is 0.408 e. The SMILES string of the molecule is COC(=O)C1C(NC(=O)OCc2ccccc2)C(=O)N1[Si](C(C)C)(C(C)C)C(C)C. The van der Waals surface area contributed by atoms with Gasteiger partial charge in [0.05, 0.1) is 7.11 Å². The van der Waals surface area contributed by atoms with Crippen LogP contribution in [0.2, 0.25) is 16.6 Å². The first-order valence-corrected chi connectivity index (χ1v) is 12.6. The Hall–Kier alpha value is -2.35. The van der Waals surface area contributed by atoms with Crippen molar-refractivity contribution in [3.8, 4) is 0 Å². The predicted molar refractivity (Wildman–Crippen MR) is 117 cm³/mol. The average molecular weight is 435 g/mol. The molecule has 1 aliphatic rings. The van der Waals surface area contributed by atoms with Gasteiger partial charge in [0.1, 0.15) is 12.6 Å². The summed E-state index contributed by atoms with van der Waals surface area (Å²) >= 11 is 0. The molecule has 1 fully saturated rings. The Kier molecular flexibility index (Phi) is 7.68. The highest BCUT2D eigenvalue weighted by Crippen LogP contribution is 2.48. The summed E-state index contributed by atoms with van der Waals surface area (Å²) in [5, 5.41) is 2.59. The molecule has 166 valence electrons. The summed E-state index contributed by atoms with van der Waals surface area (Å²) in [6.45, 7) is 12.8. The molecule has 1 N–H and O–H groups in total. The summed E-state index contributed by atoms with van der Waals surface area (Å²) in [6.07, 6.45) is -0.725. The number of carbonyl (C=O) groups is 3. The van der Waals surface area contributed by atoms with E-state index in [4.69, 9.17) is 9.47 Å². The van der Waals surface area contributed by atoms with Crippen LogP contribution < -0.4 is 5.32 Å². The van der Waals surface area contributed by atoms with Crippen LogP contribution in [-0.2, 0) is 25.7 Å². The monoisotopic (exact) mass is 434 g/mol. The Labute approximate surface area is 180 Å². The van der Waals surface area contributed by atoms with Crippen molar-refractivity contribution in [2.75, 3.05) is 7.11 Å². The molecule has 2 amide bonds. The molecule has 1 aliphatic heterocycles. The molecule has 1 aromatic rings. The van der Waals surface area contributed by atoms with Gasteiger partial charge in [-0.2, -0.15) is 0 Å². The Morgan fingerprint density at radius 2 is 1.57 bits per heavy atom. The van der Waals surface area contributed by atoms with Crippen LogP contribution in [-0.4, -0.2) is 50.0 Å². The fourth-order valence-corrected chi connectivity index (χ4v) is 12.1. The number of benzene rings is 1. The van der Waals surface area contributed by atoms with Crippen LogP contribution in [0.5, 0.6) is 0 Å². The van der Waals surface area contributed by atoms with Crippen molar-refractivity contribution in [3.63, 3.8) is 0 Å². The summed E-state index contributed by atoms with van der Waals surface area (Å²) in [6, 6.07) is 7.47. The van der Waals surface area contributed by atoms with Crippen LogP contribution in [0.4, 0.5) is 4.79 Å². The van der Waals surface area contributed by atoms with Gasteiger partial charge in [-0.1, -0.05) is 71.9 Å². The third-order valence-corrected chi connectivity index (χ3v) is 13.1. The largest absolute Gasteiger partial charge is 0.467 e. The van der Waals surface area contributed by atoms with Gasteiger partial charge in [-0.3, -0.25) is 4.79 Å². The summed E-state index contributed by atoms with van der Waals surface area (Å²) in [7, 11) is -1.12. The number of alkyl carbamates (subject to hydrolysis) is 1. The van der Waals surface area contributed by atoms with Crippen molar-refractivity contribution in [1.29, 1.82) is 0 Å². The molecule has 0 spiro atoms. The molecule has 8 heteroatoms. The summed E-state index contributed by atoms with van der Waals surface area (Å²) in [5.41, 5.74) is 1.54. The molecule has 30 heavy (non-hydrogen) atoms. The van der Waals surface area contributed by atoms with Gasteiger partial charge in [-0.25, -0.2) is 9.59 Å². The average Bonchev–Trinajstić information content (AvgIpc) is 2.70. The first-order valence-electron chi connectivity index (χ1n) is 10.5. The minimum atomic E-state index is -2.42. The van der Waals surface area contributed by atoms with Crippen molar-refractivity contribution in [3.05, 3.63) is 35.9 Å². The number of methoxy groups -OCH3 is 1. The van der Waals surface area contributed by atoms with E-state index < -0.39 is 32.4 Å². The van der Waals surface area contributed by atoms with E-state index >= 15 is 0 Å². The molecule has 0 aliphatic carbocycles. The van der Waals surface area contributed by atoms with Crippen molar-refractivity contribution >= 4 is 26.2 Å². The van der Waals surface area contributed by atoms with E-state index in [1.165, 1.54) is 7.11 Å². The van der Waals surface area contributed by atoms with Crippen LogP contribution in [0.3, 0.4) is 0 Å². The topological polar surface area (TPSA) is 84.9 Å². The van der Waals surface area contributed by atoms with Crippen molar-refractivity contribution < 1.29 is 23.9 Å². The van der Waals surface area contributed by atoms with Crippen LogP contribution in [0.15, 0.2) is 30.3 Å². The number of esters is 1. The molecule has 0 aromatic heterocycles. The third kappa shape index (κ3) is 4.24. The molecule has 0 saturated carbocycles. The van der Waals surface area contributed by atoms with E-state index in [1.807, 2.05) is 30.3 Å². The lowest BCUT2D eigenvalue weighted by atomic mass is 9.99. The zero-order chi connectivity index (χ0) is 22.6. The quantitative estimate of drug-likeness (QED) is 0.382. The minimum Gasteiger partial charge on any atom is -0.467 e. The number of nitrogens with one attached hydrogen (secondary N) is 1. The molecule has 1 aromatic carbocycles. The van der Waals surface area contributed by atoms with E-state index in [0.29, 0.717) is 0 Å². The molecular formula is C22H34N2O5Si. The molecular weight excluding hydrogens is 400 g/mol. The van der Waals surface area contributed by atoms with Gasteiger partial charge >= 0.3 is 12.1 Å². The Morgan fingerprint density at radius 3 is 2.03 bits per heavy atom. The van der Waals surface area contributed by atoms with Crippen molar-refractivity contribution in [2.24, 2.45) is 0 Å². The van der Waals surface area contributed by atoms with Crippen LogP contribution in [0, 0.1) is 0 Å². The fourth-order valence-electron chi connectivity index (χ4n) is 5.15. The number of carbonyl (C=O) groups excluding carboxylic acids is 3. The standard InChI is InChI=1S/C22H34N2O5Si/c1-14(2)30(15(3)4,16(5)6)24-19(21(26)28-7)18(20(24)25)23-22(27)29-13-17-11-9-8-10-12-17/h8-12,14-16,18-19H,13H2,1-7H3,(H,23,27). The molecule has 1 saturated heterocycles. The fraction of sp³-hybridized carbons (Fsp3) is 0.591. The van der Waals surface area contributed by atoms with Gasteiger partial charge < -0.3 is 19.4 Å². The first-order chi connectivity index (χ1) is 14.1. The number of β-lactam (4-membered cyclic amide) rings is 1. The normalized spacial score (nSPS) is 19.1. The van der Waals surface area contributed by atoms with Gasteiger partial charge in [-0.05, 0) is 22.2 Å². The molecule has 2 atom stereocenters. The van der Waals surface area contributed by atoms with E-state index in [9.17, 15) is 14.4 Å². The lowest BCUT2D eigenvalue weighted by molar-refractivity contribution is -0.162. The Bertz CT molecular complexity index is 744. The van der Waals surface area contributed by atoms with Crippen molar-refractivity contribution in [2.45, 2.75) is 76.9 Å². The molecule has 0 bridgehead atoms. The zero-order valence-corrected chi connectivity index (χ0v) is 20.0. The van der Waals surface area contributed by atoms with E-state index in [1.54, 1.807) is 4.57 Å². The lowest BCUT2D eigenvalue weighted by Crippen LogP contribution is -2.82. The maximum Gasteiger partial charge on any atom is 0.408 e. The number of nitrogens with zero attached hydrogens (tertiary/aromatic N) is 1. The van der Waals surface area contributed by atoms with Gasteiger partial charge in [0.2, 0.25) is 5.91 Å². The predicted octanol–water partition coefficient (Wildman–Crippen LogP) is 3.84. The highest BCUT2D eigenvalue weighted by atomic mass is 28.3. The van der Waals surface area contributed by atoms with Crippen LogP contribution in [0.25, 0.3) is 0 Å². The van der Waals surface area contributed by atoms with E-state index in [-0.39, 0.29) is 29.1 Å². The van der Waals surface area contributed by atoms with Crippen LogP contribution >= 0.6 is 0 Å². The maximum atomic E-state index is 13.2. The zero-order valence-electron chi connectivity index (χ0n) is 19.0. The number of ether oxygens (including phenoxy) is 2. The maximum absolute atomic E-state index is 13.2. The molecule has 0 radical (unpaired) electrons. The molecule has 2 rings (SSSR count). The van der Waals surface area contributed by atoms with E-state index in [0.717, 1.165) is 5.56 Å². The number of amides is 2. The highest BCUT2D eigenvalue weighted by molar-refractivity contribution is 6.83.